The molecule has 3 aromatic carbocycles. The second-order valence-corrected chi connectivity index (χ2v) is 8.42. The number of hydrogen-bond donors (Lipinski definition) is 0. The number of carbonyl (C=O) groups is 2. The molecular weight excluding hydrogens is 404 g/mol. The largest absolute Gasteiger partial charge is 0.489 e. The van der Waals surface area contributed by atoms with Crippen molar-refractivity contribution >= 4 is 11.9 Å². The zero-order valence-electron chi connectivity index (χ0n) is 18.4. The molecule has 0 aliphatic carbocycles. The molecule has 1 atom stereocenters. The van der Waals surface area contributed by atoms with E-state index >= 15 is 0 Å². The van der Waals surface area contributed by atoms with Gasteiger partial charge in [0.05, 0.1) is 0 Å². The van der Waals surface area contributed by atoms with Crippen LogP contribution in [0.4, 0.5) is 0 Å². The Kier molecular flexibility index (Phi) is 5.99. The van der Waals surface area contributed by atoms with E-state index in [1.807, 2.05) is 85.8 Å². The van der Waals surface area contributed by atoms with Crippen LogP contribution >= 0.6 is 0 Å². The van der Waals surface area contributed by atoms with Crippen molar-refractivity contribution in [2.45, 2.75) is 39.1 Å². The molecule has 1 saturated heterocycles. The molecule has 1 aliphatic rings. The Morgan fingerprint density at radius 2 is 1.53 bits per heavy atom. The average molecular weight is 431 g/mol. The minimum absolute atomic E-state index is 0.366. The highest BCUT2D eigenvalue weighted by molar-refractivity contribution is 5.98. The highest BCUT2D eigenvalue weighted by Crippen LogP contribution is 2.41. The molecule has 0 aromatic heterocycles. The van der Waals surface area contributed by atoms with Crippen LogP contribution in [0.2, 0.25) is 0 Å². The number of para-hydroxylation sites is 1. The van der Waals surface area contributed by atoms with Gasteiger partial charge < -0.3 is 14.2 Å². The summed E-state index contributed by atoms with van der Waals surface area (Å²) in [6, 6.07) is 25.1. The number of esters is 2. The van der Waals surface area contributed by atoms with Gasteiger partial charge >= 0.3 is 11.9 Å². The summed E-state index contributed by atoms with van der Waals surface area (Å²) < 4.78 is 17.1. The summed E-state index contributed by atoms with van der Waals surface area (Å²) in [7, 11) is 0. The molecule has 0 spiro atoms. The lowest BCUT2D eigenvalue weighted by atomic mass is 9.79. The lowest BCUT2D eigenvalue weighted by molar-refractivity contribution is -0.240. The molecule has 32 heavy (non-hydrogen) atoms. The topological polar surface area (TPSA) is 61.8 Å². The van der Waals surface area contributed by atoms with Gasteiger partial charge in [-0.05, 0) is 24.1 Å². The third-order valence-corrected chi connectivity index (χ3v) is 5.43. The SMILES string of the molecule is Cc1cccc([C@H](c2ccccc2OCc2ccccc2)C2C(=O)OC(C)(C)OC2=O)c1. The van der Waals surface area contributed by atoms with Gasteiger partial charge in [0.1, 0.15) is 12.4 Å². The average Bonchev–Trinajstić information content (AvgIpc) is 2.75. The fraction of sp³-hybridized carbons (Fsp3) is 0.259. The zero-order valence-corrected chi connectivity index (χ0v) is 18.4. The summed E-state index contributed by atoms with van der Waals surface area (Å²) in [6.07, 6.45) is 0. The molecule has 1 heterocycles. The number of cyclic esters (lactones) is 2. The van der Waals surface area contributed by atoms with Gasteiger partial charge in [0, 0.05) is 25.3 Å². The Labute approximate surface area is 187 Å². The van der Waals surface area contributed by atoms with Crippen LogP contribution in [0.5, 0.6) is 5.75 Å². The van der Waals surface area contributed by atoms with Crippen molar-refractivity contribution in [2.24, 2.45) is 5.92 Å². The molecule has 3 aromatic rings. The van der Waals surface area contributed by atoms with Crippen molar-refractivity contribution in [3.8, 4) is 5.75 Å². The van der Waals surface area contributed by atoms with Gasteiger partial charge in [-0.15, -0.1) is 0 Å². The van der Waals surface area contributed by atoms with Crippen molar-refractivity contribution in [3.63, 3.8) is 0 Å². The number of carbonyl (C=O) groups excluding carboxylic acids is 2. The van der Waals surface area contributed by atoms with Gasteiger partial charge in [0.15, 0.2) is 5.92 Å². The molecule has 5 nitrogen and oxygen atoms in total. The smallest absolute Gasteiger partial charge is 0.324 e. The van der Waals surface area contributed by atoms with Crippen molar-refractivity contribution in [1.82, 2.24) is 0 Å². The summed E-state index contributed by atoms with van der Waals surface area (Å²) in [4.78, 5) is 26.0. The second-order valence-electron chi connectivity index (χ2n) is 8.42. The van der Waals surface area contributed by atoms with Crippen LogP contribution in [0, 0.1) is 12.8 Å². The van der Waals surface area contributed by atoms with Crippen LogP contribution in [-0.4, -0.2) is 17.7 Å². The van der Waals surface area contributed by atoms with Crippen LogP contribution in [-0.2, 0) is 25.7 Å². The van der Waals surface area contributed by atoms with Gasteiger partial charge in [-0.3, -0.25) is 9.59 Å². The highest BCUT2D eigenvalue weighted by Gasteiger charge is 2.48. The first-order valence-electron chi connectivity index (χ1n) is 10.6. The predicted molar refractivity (Wildman–Crippen MR) is 120 cm³/mol. The first kappa shape index (κ1) is 21.6. The fourth-order valence-corrected chi connectivity index (χ4v) is 4.02. The summed E-state index contributed by atoms with van der Waals surface area (Å²) in [6.45, 7) is 5.44. The number of rotatable bonds is 6. The number of hydrogen-bond acceptors (Lipinski definition) is 5. The van der Waals surface area contributed by atoms with E-state index in [-0.39, 0.29) is 0 Å². The van der Waals surface area contributed by atoms with E-state index in [1.165, 1.54) is 0 Å². The Morgan fingerprint density at radius 3 is 2.22 bits per heavy atom. The number of benzene rings is 3. The van der Waals surface area contributed by atoms with Crippen molar-refractivity contribution in [1.29, 1.82) is 0 Å². The minimum Gasteiger partial charge on any atom is -0.489 e. The van der Waals surface area contributed by atoms with Gasteiger partial charge in [0.2, 0.25) is 0 Å². The van der Waals surface area contributed by atoms with E-state index < -0.39 is 29.6 Å². The summed E-state index contributed by atoms with van der Waals surface area (Å²) in [5.41, 5.74) is 3.59. The summed E-state index contributed by atoms with van der Waals surface area (Å²) in [5, 5.41) is 0. The molecule has 0 bridgehead atoms. The lowest BCUT2D eigenvalue weighted by Crippen LogP contribution is -2.48. The maximum atomic E-state index is 13.0. The van der Waals surface area contributed by atoms with Gasteiger partial charge in [-0.1, -0.05) is 78.4 Å². The molecule has 4 rings (SSSR count). The molecular formula is C27H26O5. The molecule has 0 radical (unpaired) electrons. The van der Waals surface area contributed by atoms with E-state index in [1.54, 1.807) is 13.8 Å². The van der Waals surface area contributed by atoms with E-state index in [2.05, 4.69) is 0 Å². The molecule has 0 saturated carbocycles. The maximum absolute atomic E-state index is 13.0. The Balaban J connectivity index is 1.76. The van der Waals surface area contributed by atoms with Gasteiger partial charge in [-0.2, -0.15) is 0 Å². The Bertz CT molecular complexity index is 1100. The Hall–Kier alpha value is -3.60. The van der Waals surface area contributed by atoms with Crippen molar-refractivity contribution in [2.75, 3.05) is 0 Å². The molecule has 1 aliphatic heterocycles. The van der Waals surface area contributed by atoms with Crippen LogP contribution in [0.1, 0.15) is 42.0 Å². The fourth-order valence-electron chi connectivity index (χ4n) is 4.02. The molecule has 164 valence electrons. The normalized spacial score (nSPS) is 16.7. The van der Waals surface area contributed by atoms with Crippen LogP contribution in [0.15, 0.2) is 78.9 Å². The van der Waals surface area contributed by atoms with E-state index in [9.17, 15) is 9.59 Å². The van der Waals surface area contributed by atoms with E-state index in [0.717, 1.165) is 22.3 Å². The third kappa shape index (κ3) is 4.67. The highest BCUT2D eigenvalue weighted by atomic mass is 16.7. The minimum atomic E-state index is -1.29. The first-order valence-corrected chi connectivity index (χ1v) is 10.6. The summed E-state index contributed by atoms with van der Waals surface area (Å²) in [5.74, 6) is -3.63. The standard InChI is InChI=1S/C27H26O5/c1-18-10-9-13-20(16-18)23(24-25(28)31-27(2,3)32-26(24)29)21-14-7-8-15-22(21)30-17-19-11-5-4-6-12-19/h4-16,23-24H,17H2,1-3H3/t23-/m1/s1. The van der Waals surface area contributed by atoms with Crippen molar-refractivity contribution in [3.05, 3.63) is 101 Å². The first-order chi connectivity index (χ1) is 15.3. The number of aryl methyl sites for hydroxylation is 1. The third-order valence-electron chi connectivity index (χ3n) is 5.43. The monoisotopic (exact) mass is 430 g/mol. The predicted octanol–water partition coefficient (Wildman–Crippen LogP) is 5.16. The second kappa shape index (κ2) is 8.87. The maximum Gasteiger partial charge on any atom is 0.324 e. The van der Waals surface area contributed by atoms with Crippen LogP contribution < -0.4 is 4.74 Å². The Morgan fingerprint density at radius 1 is 0.875 bits per heavy atom. The van der Waals surface area contributed by atoms with Crippen molar-refractivity contribution < 1.29 is 23.8 Å². The molecule has 0 amide bonds. The zero-order chi connectivity index (χ0) is 22.7. The summed E-state index contributed by atoms with van der Waals surface area (Å²) >= 11 is 0. The molecule has 0 unspecified atom stereocenters. The van der Waals surface area contributed by atoms with E-state index in [4.69, 9.17) is 14.2 Å². The molecule has 1 fully saturated rings. The number of ether oxygens (including phenoxy) is 3. The van der Waals surface area contributed by atoms with Gasteiger partial charge in [0.25, 0.3) is 5.79 Å². The quantitative estimate of drug-likeness (QED) is 0.399. The van der Waals surface area contributed by atoms with Crippen LogP contribution in [0.25, 0.3) is 0 Å². The van der Waals surface area contributed by atoms with Crippen LogP contribution in [0.3, 0.4) is 0 Å². The molecule has 5 heteroatoms. The van der Waals surface area contributed by atoms with Gasteiger partial charge in [-0.25, -0.2) is 0 Å². The lowest BCUT2D eigenvalue weighted by Gasteiger charge is -2.36. The van der Waals surface area contributed by atoms with E-state index in [0.29, 0.717) is 12.4 Å². The molecule has 0 N–H and O–H groups in total.